The van der Waals surface area contributed by atoms with Gasteiger partial charge in [0.25, 0.3) is 0 Å². The lowest BCUT2D eigenvalue weighted by Crippen LogP contribution is -2.81. The zero-order valence-corrected chi connectivity index (χ0v) is 32.7. The Morgan fingerprint density at radius 1 is 0.455 bits per heavy atom. The molecule has 0 aliphatic heterocycles. The number of hydrogen-bond donors (Lipinski definition) is 0. The minimum atomic E-state index is -7.22. The van der Waals surface area contributed by atoms with E-state index in [1.807, 2.05) is 39.0 Å². The predicted molar refractivity (Wildman–Crippen MR) is 188 cm³/mol. The maximum absolute atomic E-state index is 15.4. The van der Waals surface area contributed by atoms with Crippen molar-refractivity contribution in [2.75, 3.05) is 0 Å². The number of halogens is 20. The Hall–Kier alpha value is -6.82. The molecule has 1 aromatic heterocycles. The average Bonchev–Trinajstić information content (AvgIpc) is 3.28. The molecule has 25 heteroatoms. The molecule has 0 bridgehead atoms. The van der Waals surface area contributed by atoms with Crippen LogP contribution in [0.2, 0.25) is 0 Å². The summed E-state index contributed by atoms with van der Waals surface area (Å²) in [5.74, 6) is -71.4. The molecule has 348 valence electrons. The fourth-order valence-electron chi connectivity index (χ4n) is 6.79. The molecule has 6 rings (SSSR count). The molecule has 0 atom stereocenters. The quantitative estimate of drug-likeness (QED) is 0.0386. The van der Waals surface area contributed by atoms with Crippen molar-refractivity contribution in [3.63, 3.8) is 0 Å². The molecule has 6 aromatic rings. The molecule has 0 fully saturated rings. The van der Waals surface area contributed by atoms with Gasteiger partial charge in [-0.05, 0) is 0 Å². The smallest absolute Gasteiger partial charge is 0.227 e. The summed E-state index contributed by atoms with van der Waals surface area (Å²) in [6.07, 6.45) is -2.34. The van der Waals surface area contributed by atoms with Gasteiger partial charge in [-0.3, -0.25) is 9.59 Å². The second-order valence-electron chi connectivity index (χ2n) is 14.8. The lowest BCUT2D eigenvalue weighted by molar-refractivity contribution is -0.683. The number of nitrogens with zero attached hydrogens (tertiary/aromatic N) is 2. The van der Waals surface area contributed by atoms with E-state index < -0.39 is 150 Å². The Balaban J connectivity index is 0.000000324. The number of rotatable bonds is 8. The lowest BCUT2D eigenvalue weighted by Gasteiger charge is -2.44. The molecule has 0 spiro atoms. The van der Waals surface area contributed by atoms with Crippen LogP contribution in [-0.2, 0) is 6.54 Å². The molecule has 66 heavy (non-hydrogen) atoms. The Morgan fingerprint density at radius 2 is 0.727 bits per heavy atom. The highest BCUT2D eigenvalue weighted by Gasteiger charge is 2.52. The molecular formula is C41H19BF20N2O2. The number of hydrogen-bond acceptors (Lipinski definition) is 3. The van der Waals surface area contributed by atoms with Gasteiger partial charge in [0.05, 0.1) is 6.20 Å². The molecular weight excluding hydrogens is 943 g/mol. The lowest BCUT2D eigenvalue weighted by atomic mass is 9.12. The second kappa shape index (κ2) is 18.2. The number of carbonyl (C=O) groups is 2. The number of Topliss-reactive ketones (excluding diaryl/α,β-unsaturated/α-hetero) is 2. The zero-order chi connectivity index (χ0) is 49.8. The van der Waals surface area contributed by atoms with Gasteiger partial charge in [0.15, 0.2) is 93.7 Å². The molecule has 0 unspecified atom stereocenters. The van der Waals surface area contributed by atoms with E-state index in [0.29, 0.717) is 11.3 Å². The molecule has 4 nitrogen and oxygen atoms in total. The maximum Gasteiger partial charge on any atom is 0.227 e. The third-order valence-electron chi connectivity index (χ3n) is 9.80. The van der Waals surface area contributed by atoms with Gasteiger partial charge in [-0.25, -0.2) is 92.8 Å². The van der Waals surface area contributed by atoms with Crippen LogP contribution < -0.4 is 26.4 Å². The molecule has 0 saturated carbocycles. The fraction of sp³-hybridized carbons (Fsp3) is 0.122. The molecule has 0 radical (unpaired) electrons. The summed E-state index contributed by atoms with van der Waals surface area (Å²) < 4.78 is 296. The highest BCUT2D eigenvalue weighted by atomic mass is 19.2. The van der Waals surface area contributed by atoms with Crippen molar-refractivity contribution in [3.8, 4) is 0 Å². The van der Waals surface area contributed by atoms with Gasteiger partial charge in [-0.15, -0.1) is 21.9 Å². The molecule has 0 saturated heterocycles. The van der Waals surface area contributed by atoms with Gasteiger partial charge in [-0.2, -0.15) is 4.57 Å². The fourth-order valence-corrected chi connectivity index (χ4v) is 6.79. The summed E-state index contributed by atoms with van der Waals surface area (Å²) in [7, 11) is 0. The normalized spacial score (nSPS) is 11.7. The van der Waals surface area contributed by atoms with Crippen molar-refractivity contribution in [1.82, 2.24) is 4.98 Å². The summed E-state index contributed by atoms with van der Waals surface area (Å²) >= 11 is 0. The van der Waals surface area contributed by atoms with Crippen LogP contribution in [0, 0.1) is 122 Å². The Kier molecular flexibility index (Phi) is 13.9. The first-order valence-electron chi connectivity index (χ1n) is 17.8. The number of carbonyl (C=O) groups excluding carboxylic acids is 2. The molecule has 0 aliphatic rings. The summed E-state index contributed by atoms with van der Waals surface area (Å²) in [5.41, 5.74) is -13.8. The molecule has 0 amide bonds. The summed E-state index contributed by atoms with van der Waals surface area (Å²) in [6, 6.07) is 9.10. The Morgan fingerprint density at radius 3 is 1.00 bits per heavy atom. The second-order valence-corrected chi connectivity index (χ2v) is 14.8. The van der Waals surface area contributed by atoms with E-state index >= 15 is 35.1 Å². The van der Waals surface area contributed by atoms with Crippen LogP contribution in [0.25, 0.3) is 0 Å². The van der Waals surface area contributed by atoms with Gasteiger partial charge in [0.2, 0.25) is 12.3 Å². The van der Waals surface area contributed by atoms with Crippen LogP contribution >= 0.6 is 0 Å². The van der Waals surface area contributed by atoms with Crippen LogP contribution in [0.1, 0.15) is 41.6 Å². The van der Waals surface area contributed by atoms with Gasteiger partial charge in [0.1, 0.15) is 52.7 Å². The van der Waals surface area contributed by atoms with E-state index in [0.717, 1.165) is 0 Å². The van der Waals surface area contributed by atoms with E-state index in [9.17, 15) is 62.3 Å². The van der Waals surface area contributed by atoms with Gasteiger partial charge >= 0.3 is 0 Å². The van der Waals surface area contributed by atoms with Crippen LogP contribution in [0.4, 0.5) is 87.8 Å². The van der Waals surface area contributed by atoms with Gasteiger partial charge in [0, 0.05) is 11.0 Å². The predicted octanol–water partition coefficient (Wildman–Crippen LogP) is 8.33. The third-order valence-corrected chi connectivity index (χ3v) is 9.80. The van der Waals surface area contributed by atoms with E-state index in [1.165, 1.54) is 0 Å². The average molecular weight is 962 g/mol. The van der Waals surface area contributed by atoms with Crippen molar-refractivity contribution in [3.05, 3.63) is 177 Å². The zero-order valence-electron chi connectivity index (χ0n) is 32.7. The van der Waals surface area contributed by atoms with Crippen molar-refractivity contribution in [2.24, 2.45) is 5.41 Å². The highest BCUT2D eigenvalue weighted by Crippen LogP contribution is 2.31. The summed E-state index contributed by atoms with van der Waals surface area (Å²) in [4.78, 5) is 28.5. The van der Waals surface area contributed by atoms with Crippen LogP contribution in [0.3, 0.4) is 0 Å². The molecule has 0 aliphatic carbocycles. The van der Waals surface area contributed by atoms with Crippen LogP contribution in [0.5, 0.6) is 0 Å². The van der Waals surface area contributed by atoms with Gasteiger partial charge < -0.3 is 0 Å². The Labute approximate surface area is 355 Å². The van der Waals surface area contributed by atoms with Gasteiger partial charge in [-0.1, -0.05) is 51.1 Å². The number of benzene rings is 5. The first-order valence-corrected chi connectivity index (χ1v) is 17.8. The largest absolute Gasteiger partial charge is 0.292 e. The van der Waals surface area contributed by atoms with Crippen molar-refractivity contribution in [1.29, 1.82) is 0 Å². The summed E-state index contributed by atoms with van der Waals surface area (Å²) in [5, 5.41) is 0. The van der Waals surface area contributed by atoms with Crippen molar-refractivity contribution in [2.45, 2.75) is 27.3 Å². The van der Waals surface area contributed by atoms with Crippen molar-refractivity contribution < 1.29 is 102 Å². The highest BCUT2D eigenvalue weighted by molar-refractivity contribution is 7.20. The number of ketones is 2. The molecule has 0 N–H and O–H groups in total. The first kappa shape index (κ1) is 50.2. The SMILES string of the molecule is CC(C)(C)C(=O)c1c[n+](CC(=O)c2ccccc2)ccn1.Fc1c(F)c(F)c([B-](c2c(F)c(F)c(F)c(F)c2F)(c2c(F)c(F)c(F)c(F)c2F)c2c(F)c(F)c(F)c(F)c2F)c(F)c1F. The van der Waals surface area contributed by atoms with E-state index in [-0.39, 0.29) is 18.1 Å². The molecule has 1 heterocycles. The van der Waals surface area contributed by atoms with E-state index in [1.54, 1.807) is 35.3 Å². The molecule has 5 aromatic carbocycles. The number of aromatic nitrogens is 2. The van der Waals surface area contributed by atoms with Crippen LogP contribution in [-0.4, -0.2) is 22.7 Å². The van der Waals surface area contributed by atoms with Crippen molar-refractivity contribution >= 4 is 39.6 Å². The minimum absolute atomic E-state index is 0.000887. The van der Waals surface area contributed by atoms with Crippen LogP contribution in [0.15, 0.2) is 48.9 Å². The van der Waals surface area contributed by atoms with E-state index in [2.05, 4.69) is 4.98 Å². The third kappa shape index (κ3) is 8.11. The first-order chi connectivity index (χ1) is 30.6. The standard InChI is InChI=1S/C24BF20.C17H19N2O2/c26-5-1(6(27)14(35)21(42)13(5)34)25(2-7(28)15(36)22(43)16(37)8(2)29,3-9(30)17(38)23(44)18(39)10(3)31)4-11(32)19(40)24(45)20(41)12(4)33;1-17(2,3)16(21)14-11-19(10-9-18-14)12-15(20)13-7-5-4-6-8-13/h;4-11H,12H2,1-3H3/q-1;+1. The summed E-state index contributed by atoms with van der Waals surface area (Å²) in [6.45, 7) is 5.74. The maximum atomic E-state index is 15.4. The topological polar surface area (TPSA) is 50.9 Å². The monoisotopic (exact) mass is 962 g/mol. The minimum Gasteiger partial charge on any atom is -0.292 e. The Bertz CT molecular complexity index is 2600. The van der Waals surface area contributed by atoms with E-state index in [4.69, 9.17) is 0 Å².